The first-order valence-electron chi connectivity index (χ1n) is 6.26. The topological polar surface area (TPSA) is 49.8 Å². The summed E-state index contributed by atoms with van der Waals surface area (Å²) < 4.78 is 4.67. The van der Waals surface area contributed by atoms with Crippen LogP contribution in [0.3, 0.4) is 0 Å². The third-order valence-electron chi connectivity index (χ3n) is 2.84. The minimum Gasteiger partial charge on any atom is -0.468 e. The normalized spacial score (nSPS) is 12.5. The van der Waals surface area contributed by atoms with Crippen LogP contribution in [-0.2, 0) is 16.1 Å². The first-order valence-corrected chi connectivity index (χ1v) is 6.64. The van der Waals surface area contributed by atoms with Crippen LogP contribution in [0.5, 0.6) is 0 Å². The number of benzene rings is 1. The van der Waals surface area contributed by atoms with Crippen LogP contribution in [0.25, 0.3) is 0 Å². The molecular formula is C14H20ClNO3. The average molecular weight is 286 g/mol. The van der Waals surface area contributed by atoms with Crippen molar-refractivity contribution in [2.75, 3.05) is 20.2 Å². The van der Waals surface area contributed by atoms with Crippen molar-refractivity contribution >= 4 is 17.6 Å². The third kappa shape index (κ3) is 6.05. The number of carbonyl (C=O) groups is 1. The van der Waals surface area contributed by atoms with Gasteiger partial charge in [0.05, 0.1) is 19.8 Å². The smallest absolute Gasteiger partial charge is 0.319 e. The van der Waals surface area contributed by atoms with Gasteiger partial charge in [-0.25, -0.2) is 0 Å². The molecule has 19 heavy (non-hydrogen) atoms. The van der Waals surface area contributed by atoms with E-state index >= 15 is 0 Å². The average Bonchev–Trinajstić information content (AvgIpc) is 2.40. The van der Waals surface area contributed by atoms with Gasteiger partial charge in [0.2, 0.25) is 0 Å². The number of methoxy groups -OCH3 is 1. The second-order valence-corrected chi connectivity index (χ2v) is 4.87. The van der Waals surface area contributed by atoms with Gasteiger partial charge in [-0.3, -0.25) is 9.69 Å². The summed E-state index contributed by atoms with van der Waals surface area (Å²) >= 11 is 5.83. The highest BCUT2D eigenvalue weighted by molar-refractivity contribution is 6.30. The summed E-state index contributed by atoms with van der Waals surface area (Å²) in [5, 5.41) is 10.4. The zero-order valence-corrected chi connectivity index (χ0v) is 12.1. The SMILES string of the molecule is CCC(O)CN(CC(=O)OC)Cc1ccc(Cl)cc1. The van der Waals surface area contributed by atoms with Gasteiger partial charge in [0.25, 0.3) is 0 Å². The number of hydrogen-bond acceptors (Lipinski definition) is 4. The molecule has 0 aromatic heterocycles. The second-order valence-electron chi connectivity index (χ2n) is 4.43. The Labute approximate surface area is 118 Å². The molecule has 0 heterocycles. The fourth-order valence-corrected chi connectivity index (χ4v) is 1.83. The van der Waals surface area contributed by atoms with Gasteiger partial charge in [-0.1, -0.05) is 30.7 Å². The maximum absolute atomic E-state index is 11.4. The molecule has 0 aliphatic carbocycles. The van der Waals surface area contributed by atoms with Crippen molar-refractivity contribution in [3.63, 3.8) is 0 Å². The van der Waals surface area contributed by atoms with Crippen LogP contribution in [0.4, 0.5) is 0 Å². The van der Waals surface area contributed by atoms with E-state index in [2.05, 4.69) is 4.74 Å². The Bertz CT molecular complexity index is 394. The number of esters is 1. The van der Waals surface area contributed by atoms with Crippen molar-refractivity contribution in [2.45, 2.75) is 26.0 Å². The minimum absolute atomic E-state index is 0.163. The highest BCUT2D eigenvalue weighted by Gasteiger charge is 2.15. The van der Waals surface area contributed by atoms with Gasteiger partial charge in [-0.15, -0.1) is 0 Å². The Morgan fingerprint density at radius 3 is 2.58 bits per heavy atom. The molecule has 0 spiro atoms. The number of aliphatic hydroxyl groups excluding tert-OH is 1. The molecule has 1 unspecified atom stereocenters. The fraction of sp³-hybridized carbons (Fsp3) is 0.500. The predicted octanol–water partition coefficient (Wildman–Crippen LogP) is 2.09. The van der Waals surface area contributed by atoms with E-state index in [1.807, 2.05) is 36.1 Å². The standard InChI is InChI=1S/C14H20ClNO3/c1-3-13(17)9-16(10-14(18)19-2)8-11-4-6-12(15)7-5-11/h4-7,13,17H,3,8-10H2,1-2H3. The number of nitrogens with zero attached hydrogens (tertiary/aromatic N) is 1. The first-order chi connectivity index (χ1) is 9.05. The van der Waals surface area contributed by atoms with Gasteiger partial charge in [0.15, 0.2) is 0 Å². The van der Waals surface area contributed by atoms with Crippen molar-refractivity contribution < 1.29 is 14.6 Å². The summed E-state index contributed by atoms with van der Waals surface area (Å²) in [6.07, 6.45) is 0.204. The third-order valence-corrected chi connectivity index (χ3v) is 3.09. The Hall–Kier alpha value is -1.10. The summed E-state index contributed by atoms with van der Waals surface area (Å²) in [5.74, 6) is -0.308. The molecule has 4 nitrogen and oxygen atoms in total. The molecule has 0 aliphatic rings. The lowest BCUT2D eigenvalue weighted by Gasteiger charge is -2.23. The lowest BCUT2D eigenvalue weighted by Crippen LogP contribution is -2.36. The second kappa shape index (κ2) is 8.15. The molecule has 0 saturated carbocycles. The molecule has 1 aromatic rings. The number of carbonyl (C=O) groups excluding carboxylic acids is 1. The molecular weight excluding hydrogens is 266 g/mol. The van der Waals surface area contributed by atoms with Gasteiger partial charge in [0.1, 0.15) is 0 Å². The summed E-state index contributed by atoms with van der Waals surface area (Å²) in [4.78, 5) is 13.2. The Morgan fingerprint density at radius 2 is 2.05 bits per heavy atom. The molecule has 1 N–H and O–H groups in total. The number of halogens is 1. The summed E-state index contributed by atoms with van der Waals surface area (Å²) in [6, 6.07) is 7.43. The molecule has 1 rings (SSSR count). The quantitative estimate of drug-likeness (QED) is 0.780. The van der Waals surface area contributed by atoms with E-state index in [-0.39, 0.29) is 12.5 Å². The summed E-state index contributed by atoms with van der Waals surface area (Å²) in [6.45, 7) is 3.08. The maximum Gasteiger partial charge on any atom is 0.319 e. The van der Waals surface area contributed by atoms with Crippen LogP contribution in [0.15, 0.2) is 24.3 Å². The van der Waals surface area contributed by atoms with Crippen LogP contribution in [0.2, 0.25) is 5.02 Å². The van der Waals surface area contributed by atoms with Gasteiger partial charge in [-0.2, -0.15) is 0 Å². The van der Waals surface area contributed by atoms with E-state index in [0.717, 1.165) is 5.56 Å². The van der Waals surface area contributed by atoms with Crippen molar-refractivity contribution in [2.24, 2.45) is 0 Å². The monoisotopic (exact) mass is 285 g/mol. The lowest BCUT2D eigenvalue weighted by molar-refractivity contribution is -0.142. The molecule has 106 valence electrons. The number of ether oxygens (including phenoxy) is 1. The largest absolute Gasteiger partial charge is 0.468 e. The van der Waals surface area contributed by atoms with Gasteiger partial charge in [0, 0.05) is 18.1 Å². The van der Waals surface area contributed by atoms with E-state index in [1.165, 1.54) is 7.11 Å². The molecule has 0 amide bonds. The van der Waals surface area contributed by atoms with E-state index in [9.17, 15) is 9.90 Å². The number of rotatable bonds is 7. The highest BCUT2D eigenvalue weighted by atomic mass is 35.5. The molecule has 0 saturated heterocycles. The molecule has 0 fully saturated rings. The van der Waals surface area contributed by atoms with Crippen LogP contribution in [0.1, 0.15) is 18.9 Å². The lowest BCUT2D eigenvalue weighted by atomic mass is 10.2. The van der Waals surface area contributed by atoms with Crippen LogP contribution >= 0.6 is 11.6 Å². The molecule has 1 aromatic carbocycles. The van der Waals surface area contributed by atoms with Gasteiger partial charge >= 0.3 is 5.97 Å². The highest BCUT2D eigenvalue weighted by Crippen LogP contribution is 2.12. The van der Waals surface area contributed by atoms with Crippen molar-refractivity contribution in [1.29, 1.82) is 0 Å². The molecule has 0 aliphatic heterocycles. The molecule has 1 atom stereocenters. The predicted molar refractivity (Wildman–Crippen MR) is 75.0 cm³/mol. The summed E-state index contributed by atoms with van der Waals surface area (Å²) in [5.41, 5.74) is 1.04. The summed E-state index contributed by atoms with van der Waals surface area (Å²) in [7, 11) is 1.36. The maximum atomic E-state index is 11.4. The van der Waals surface area contributed by atoms with Crippen LogP contribution in [-0.4, -0.2) is 42.3 Å². The zero-order chi connectivity index (χ0) is 14.3. The minimum atomic E-state index is -0.447. The first kappa shape index (κ1) is 16.0. The molecule has 0 radical (unpaired) electrons. The van der Waals surface area contributed by atoms with E-state index < -0.39 is 6.10 Å². The number of hydrogen-bond donors (Lipinski definition) is 1. The molecule has 0 bridgehead atoms. The van der Waals surface area contributed by atoms with Gasteiger partial charge < -0.3 is 9.84 Å². The Balaban J connectivity index is 2.66. The van der Waals surface area contributed by atoms with Crippen molar-refractivity contribution in [1.82, 2.24) is 4.90 Å². The zero-order valence-electron chi connectivity index (χ0n) is 11.3. The van der Waals surface area contributed by atoms with E-state index in [4.69, 9.17) is 11.6 Å². The van der Waals surface area contributed by atoms with Crippen LogP contribution in [0, 0.1) is 0 Å². The number of aliphatic hydroxyl groups is 1. The Morgan fingerprint density at radius 1 is 1.42 bits per heavy atom. The molecule has 5 heteroatoms. The Kier molecular flexibility index (Phi) is 6.84. The van der Waals surface area contributed by atoms with Crippen molar-refractivity contribution in [3.8, 4) is 0 Å². The van der Waals surface area contributed by atoms with E-state index in [0.29, 0.717) is 24.5 Å². The van der Waals surface area contributed by atoms with E-state index in [1.54, 1.807) is 0 Å². The van der Waals surface area contributed by atoms with Gasteiger partial charge in [-0.05, 0) is 24.1 Å². The van der Waals surface area contributed by atoms with Crippen LogP contribution < -0.4 is 0 Å². The fourth-order valence-electron chi connectivity index (χ4n) is 1.71. The van der Waals surface area contributed by atoms with Crippen molar-refractivity contribution in [3.05, 3.63) is 34.9 Å².